The van der Waals surface area contributed by atoms with Crippen LogP contribution in [-0.4, -0.2) is 35.1 Å². The van der Waals surface area contributed by atoms with E-state index in [0.717, 1.165) is 27.8 Å². The summed E-state index contributed by atoms with van der Waals surface area (Å²) in [5.41, 5.74) is 13.5. The number of hydrogen-bond donors (Lipinski definition) is 0. The second-order valence-corrected chi connectivity index (χ2v) is 12.8. The Morgan fingerprint density at radius 3 is 1.45 bits per heavy atom. The Kier molecular flexibility index (Phi) is 11.3. The molecule has 0 aliphatic carbocycles. The summed E-state index contributed by atoms with van der Waals surface area (Å²) in [5, 5.41) is 4.05. The van der Waals surface area contributed by atoms with Gasteiger partial charge in [-0.2, -0.15) is 0 Å². The first-order valence-electron chi connectivity index (χ1n) is 15.6. The average molecular weight is 738 g/mol. The molecule has 0 N–H and O–H groups in total. The number of alkyl halides is 1. The van der Waals surface area contributed by atoms with E-state index in [-0.39, 0.29) is 10.5 Å². The molecule has 0 saturated carbocycles. The largest absolute Gasteiger partial charge is 0.370 e. The van der Waals surface area contributed by atoms with Crippen LogP contribution in [0.4, 0.5) is 0 Å². The number of hydrogen-bond acceptors (Lipinski definition) is 5. The number of azide groups is 1. The van der Waals surface area contributed by atoms with Gasteiger partial charge in [0.2, 0.25) is 0 Å². The lowest BCUT2D eigenvalue weighted by atomic mass is 9.80. The topological polar surface area (TPSA) is 85.7 Å². The summed E-state index contributed by atoms with van der Waals surface area (Å²) in [6, 6.07) is 50.7. The second kappa shape index (κ2) is 16.2. The van der Waals surface area contributed by atoms with Crippen molar-refractivity contribution in [3.8, 4) is 0 Å². The molecule has 0 amide bonds. The maximum Gasteiger partial charge on any atom is 0.151 e. The Balaban J connectivity index is 1.39. The van der Waals surface area contributed by atoms with Crippen LogP contribution in [0.2, 0.25) is 0 Å². The van der Waals surface area contributed by atoms with Gasteiger partial charge >= 0.3 is 0 Å². The zero-order valence-corrected chi connectivity index (χ0v) is 28.0. The van der Waals surface area contributed by atoms with Crippen molar-refractivity contribution in [2.24, 2.45) is 5.11 Å². The van der Waals surface area contributed by atoms with E-state index in [2.05, 4.69) is 69.0 Å². The minimum atomic E-state index is -0.966. The Morgan fingerprint density at radius 1 is 0.617 bits per heavy atom. The fraction of sp³-hybridized carbons (Fsp3) is 0.231. The van der Waals surface area contributed by atoms with Crippen LogP contribution in [-0.2, 0) is 37.8 Å². The molecule has 1 aliphatic heterocycles. The van der Waals surface area contributed by atoms with Gasteiger partial charge in [0.05, 0.1) is 23.7 Å². The maximum absolute atomic E-state index is 9.51. The van der Waals surface area contributed by atoms with Crippen LogP contribution in [0.25, 0.3) is 10.4 Å². The monoisotopic (exact) mass is 737 g/mol. The zero-order valence-electron chi connectivity index (χ0n) is 25.8. The van der Waals surface area contributed by atoms with E-state index >= 15 is 0 Å². The summed E-state index contributed by atoms with van der Waals surface area (Å²) in [6.07, 6.45) is -2.41. The molecule has 8 heteroatoms. The lowest BCUT2D eigenvalue weighted by Gasteiger charge is -2.45. The van der Waals surface area contributed by atoms with E-state index < -0.39 is 30.1 Å². The van der Waals surface area contributed by atoms with Crippen molar-refractivity contribution in [3.63, 3.8) is 0 Å². The van der Waals surface area contributed by atoms with Gasteiger partial charge in [-0.15, -0.1) is 0 Å². The number of ether oxygens (including phenoxy) is 4. The van der Waals surface area contributed by atoms with Gasteiger partial charge < -0.3 is 18.9 Å². The highest BCUT2D eigenvalue weighted by molar-refractivity contribution is 14.1. The molecular weight excluding hydrogens is 701 g/mol. The number of nitrogens with zero attached hydrogens (tertiary/aromatic N) is 3. The van der Waals surface area contributed by atoms with Gasteiger partial charge in [0.15, 0.2) is 6.23 Å². The maximum atomic E-state index is 9.51. The molecule has 1 aliphatic rings. The first-order chi connectivity index (χ1) is 23.2. The second-order valence-electron chi connectivity index (χ2n) is 11.3. The van der Waals surface area contributed by atoms with E-state index in [0.29, 0.717) is 13.2 Å². The van der Waals surface area contributed by atoms with Gasteiger partial charge in [-0.3, -0.25) is 0 Å². The predicted octanol–water partition coefficient (Wildman–Crippen LogP) is 9.00. The normalized spacial score (nSPS) is 21.1. The molecule has 0 aromatic heterocycles. The number of benzene rings is 5. The molecule has 5 atom stereocenters. The van der Waals surface area contributed by atoms with Crippen molar-refractivity contribution in [1.82, 2.24) is 0 Å². The summed E-state index contributed by atoms with van der Waals surface area (Å²) in [4.78, 5) is 3.13. The number of halogens is 1. The molecular formula is C39H36IN3O4. The minimum Gasteiger partial charge on any atom is -0.370 e. The highest BCUT2D eigenvalue weighted by Crippen LogP contribution is 2.42. The van der Waals surface area contributed by atoms with Gasteiger partial charge in [-0.25, -0.2) is 0 Å². The minimum absolute atomic E-state index is 0.129. The van der Waals surface area contributed by atoms with Crippen LogP contribution in [0, 0.1) is 0 Å². The summed E-state index contributed by atoms with van der Waals surface area (Å²) in [5.74, 6) is 0. The van der Waals surface area contributed by atoms with Crippen molar-refractivity contribution in [1.29, 1.82) is 0 Å². The van der Waals surface area contributed by atoms with E-state index in [1.165, 1.54) is 0 Å². The lowest BCUT2D eigenvalue weighted by Crippen LogP contribution is -2.58. The van der Waals surface area contributed by atoms with E-state index in [4.69, 9.17) is 18.9 Å². The van der Waals surface area contributed by atoms with Crippen molar-refractivity contribution < 1.29 is 18.9 Å². The van der Waals surface area contributed by atoms with E-state index in [9.17, 15) is 5.53 Å². The van der Waals surface area contributed by atoms with Crippen molar-refractivity contribution in [2.75, 3.05) is 6.61 Å². The molecule has 0 spiro atoms. The third-order valence-corrected chi connectivity index (χ3v) is 9.66. The SMILES string of the molecule is [N-]=[N+]=N[C@H]1O[C@H](COC(c2ccccc2)(c2ccccc2)c2ccccc2)[C@@H](OCc2ccccc2)[C@H](OCc2ccccc2)[C@@H]1I. The van der Waals surface area contributed by atoms with Crippen LogP contribution in [0.5, 0.6) is 0 Å². The van der Waals surface area contributed by atoms with E-state index in [1.54, 1.807) is 0 Å². The fourth-order valence-corrected chi connectivity index (χ4v) is 6.99. The lowest BCUT2D eigenvalue weighted by molar-refractivity contribution is -0.218. The molecule has 0 radical (unpaired) electrons. The van der Waals surface area contributed by atoms with Crippen molar-refractivity contribution >= 4 is 22.6 Å². The smallest absolute Gasteiger partial charge is 0.151 e. The Hall–Kier alpha value is -4.02. The first-order valence-corrected chi connectivity index (χ1v) is 16.9. The highest BCUT2D eigenvalue weighted by Gasteiger charge is 2.48. The fourth-order valence-electron chi connectivity index (χ4n) is 6.06. The van der Waals surface area contributed by atoms with Gasteiger partial charge in [0.25, 0.3) is 0 Å². The summed E-state index contributed by atoms with van der Waals surface area (Å²) >= 11 is 2.26. The highest BCUT2D eigenvalue weighted by atomic mass is 127. The van der Waals surface area contributed by atoms with Gasteiger partial charge in [0.1, 0.15) is 23.9 Å². The molecule has 0 unspecified atom stereocenters. The van der Waals surface area contributed by atoms with Gasteiger partial charge in [0, 0.05) is 4.91 Å². The third kappa shape index (κ3) is 7.76. The van der Waals surface area contributed by atoms with Crippen LogP contribution in [0.3, 0.4) is 0 Å². The summed E-state index contributed by atoms with van der Waals surface area (Å²) in [7, 11) is 0. The first kappa shape index (κ1) is 32.9. The van der Waals surface area contributed by atoms with Gasteiger partial charge in [-0.1, -0.05) is 179 Å². The van der Waals surface area contributed by atoms with Gasteiger partial charge in [-0.05, 0) is 33.3 Å². The molecule has 47 heavy (non-hydrogen) atoms. The summed E-state index contributed by atoms with van der Waals surface area (Å²) in [6.45, 7) is 0.853. The predicted molar refractivity (Wildman–Crippen MR) is 191 cm³/mol. The molecule has 5 aromatic carbocycles. The molecule has 1 saturated heterocycles. The Morgan fingerprint density at radius 2 is 1.02 bits per heavy atom. The average Bonchev–Trinajstić information content (AvgIpc) is 3.14. The Labute approximate surface area is 289 Å². The molecule has 6 rings (SSSR count). The van der Waals surface area contributed by atoms with Crippen molar-refractivity contribution in [2.45, 2.75) is 47.3 Å². The van der Waals surface area contributed by atoms with E-state index in [1.807, 2.05) is 115 Å². The number of rotatable bonds is 13. The third-order valence-electron chi connectivity index (χ3n) is 8.33. The molecule has 7 nitrogen and oxygen atoms in total. The van der Waals surface area contributed by atoms with Crippen LogP contribution < -0.4 is 0 Å². The molecule has 1 fully saturated rings. The van der Waals surface area contributed by atoms with Crippen LogP contribution >= 0.6 is 22.6 Å². The summed E-state index contributed by atoms with van der Waals surface area (Å²) < 4.78 is 26.8. The Bertz CT molecular complexity index is 1610. The standard InChI is InChI=1S/C39H36IN3O4/c40-35-37(45-27-30-18-8-2-9-19-30)36(44-26-29-16-6-1-7-17-29)34(47-38(35)42-43-41)28-46-39(31-20-10-3-11-21-31,32-22-12-4-13-23-32)33-24-14-5-15-25-33/h1-25,34-38H,26-28H2/t34-,35+,36-,37-,38+/m1/s1. The van der Waals surface area contributed by atoms with Crippen molar-refractivity contribution in [3.05, 3.63) is 190 Å². The molecule has 5 aromatic rings. The molecule has 1 heterocycles. The van der Waals surface area contributed by atoms with Crippen LogP contribution in [0.15, 0.2) is 157 Å². The zero-order chi connectivity index (χ0) is 32.3. The quantitative estimate of drug-likeness (QED) is 0.0302. The molecule has 238 valence electrons. The molecule has 0 bridgehead atoms. The van der Waals surface area contributed by atoms with Crippen LogP contribution in [0.1, 0.15) is 27.8 Å².